The van der Waals surface area contributed by atoms with E-state index in [4.69, 9.17) is 0 Å². The Morgan fingerprint density at radius 3 is 2.65 bits per heavy atom. The van der Waals surface area contributed by atoms with Gasteiger partial charge in [0.25, 0.3) is 0 Å². The summed E-state index contributed by atoms with van der Waals surface area (Å²) in [4.78, 5) is 0. The molecule has 0 saturated carbocycles. The summed E-state index contributed by atoms with van der Waals surface area (Å²) in [5.74, 6) is 0. The lowest BCUT2D eigenvalue weighted by molar-refractivity contribution is 0.372. The van der Waals surface area contributed by atoms with Gasteiger partial charge in [-0.05, 0) is 24.6 Å². The van der Waals surface area contributed by atoms with Crippen LogP contribution >= 0.6 is 0 Å². The highest BCUT2D eigenvalue weighted by Crippen LogP contribution is 2.25. The first-order chi connectivity index (χ1) is 9.70. The standard InChI is InChI=1S/C16H20N4/c1-3-18-16(13-17,15-7-5-4-6-8-15)9-10-20-12-14(2)11-19-20/h4-8,11-12,18H,3,9-10H2,1-2H3. The molecule has 1 atom stereocenters. The van der Waals surface area contributed by atoms with E-state index >= 15 is 0 Å². The summed E-state index contributed by atoms with van der Waals surface area (Å²) in [6, 6.07) is 12.4. The molecule has 4 heteroatoms. The Hall–Kier alpha value is -2.12. The van der Waals surface area contributed by atoms with Crippen LogP contribution < -0.4 is 5.32 Å². The Bertz CT molecular complexity index is 582. The topological polar surface area (TPSA) is 53.6 Å². The lowest BCUT2D eigenvalue weighted by Crippen LogP contribution is -2.42. The van der Waals surface area contributed by atoms with Crippen molar-refractivity contribution < 1.29 is 0 Å². The van der Waals surface area contributed by atoms with Crippen LogP contribution in [-0.4, -0.2) is 16.3 Å². The van der Waals surface area contributed by atoms with E-state index in [1.165, 1.54) is 0 Å². The van der Waals surface area contributed by atoms with Crippen molar-refractivity contribution in [2.45, 2.75) is 32.4 Å². The van der Waals surface area contributed by atoms with E-state index < -0.39 is 5.54 Å². The van der Waals surface area contributed by atoms with Gasteiger partial charge < -0.3 is 0 Å². The van der Waals surface area contributed by atoms with Gasteiger partial charge in [0.05, 0.1) is 12.3 Å². The summed E-state index contributed by atoms with van der Waals surface area (Å²) in [6.07, 6.45) is 4.52. The van der Waals surface area contributed by atoms with Crippen molar-refractivity contribution in [1.29, 1.82) is 5.26 Å². The van der Waals surface area contributed by atoms with Crippen LogP contribution in [0.5, 0.6) is 0 Å². The molecule has 0 amide bonds. The van der Waals surface area contributed by atoms with Crippen LogP contribution in [0.4, 0.5) is 0 Å². The van der Waals surface area contributed by atoms with E-state index in [1.807, 2.05) is 61.3 Å². The number of nitrogens with one attached hydrogen (secondary N) is 1. The molecule has 0 fully saturated rings. The third-order valence-electron chi connectivity index (χ3n) is 3.41. The van der Waals surface area contributed by atoms with Gasteiger partial charge >= 0.3 is 0 Å². The molecule has 0 aliphatic carbocycles. The minimum atomic E-state index is -0.657. The zero-order valence-corrected chi connectivity index (χ0v) is 12.0. The van der Waals surface area contributed by atoms with Crippen molar-refractivity contribution in [3.8, 4) is 6.07 Å². The third kappa shape index (κ3) is 3.06. The lowest BCUT2D eigenvalue weighted by atomic mass is 9.88. The quantitative estimate of drug-likeness (QED) is 0.876. The molecule has 0 radical (unpaired) electrons. The minimum Gasteiger partial charge on any atom is -0.296 e. The van der Waals surface area contributed by atoms with Gasteiger partial charge in [-0.1, -0.05) is 37.3 Å². The highest BCUT2D eigenvalue weighted by Gasteiger charge is 2.30. The van der Waals surface area contributed by atoms with E-state index in [1.54, 1.807) is 0 Å². The fraction of sp³-hybridized carbons (Fsp3) is 0.375. The Morgan fingerprint density at radius 1 is 1.35 bits per heavy atom. The molecular weight excluding hydrogens is 248 g/mol. The van der Waals surface area contributed by atoms with Gasteiger partial charge in [-0.2, -0.15) is 10.4 Å². The molecule has 1 heterocycles. The van der Waals surface area contributed by atoms with Gasteiger partial charge in [0.2, 0.25) is 0 Å². The number of nitriles is 1. The number of rotatable bonds is 6. The van der Waals surface area contributed by atoms with Crippen molar-refractivity contribution in [2.24, 2.45) is 0 Å². The van der Waals surface area contributed by atoms with E-state index in [0.717, 1.165) is 17.7 Å². The second-order valence-corrected chi connectivity index (χ2v) is 4.94. The molecule has 20 heavy (non-hydrogen) atoms. The smallest absolute Gasteiger partial charge is 0.134 e. The van der Waals surface area contributed by atoms with Gasteiger partial charge in [-0.3, -0.25) is 10.00 Å². The Kier molecular flexibility index (Phi) is 4.54. The number of aryl methyl sites for hydroxylation is 2. The van der Waals surface area contributed by atoms with Gasteiger partial charge in [0, 0.05) is 19.2 Å². The maximum atomic E-state index is 9.70. The average Bonchev–Trinajstić information content (AvgIpc) is 2.90. The summed E-state index contributed by atoms with van der Waals surface area (Å²) >= 11 is 0. The summed E-state index contributed by atoms with van der Waals surface area (Å²) in [5, 5.41) is 17.3. The molecule has 0 spiro atoms. The molecule has 104 valence electrons. The molecule has 1 unspecified atom stereocenters. The van der Waals surface area contributed by atoms with Crippen LogP contribution in [-0.2, 0) is 12.1 Å². The van der Waals surface area contributed by atoms with E-state index in [-0.39, 0.29) is 0 Å². The molecule has 1 aromatic heterocycles. The molecule has 2 aromatic rings. The van der Waals surface area contributed by atoms with Crippen molar-refractivity contribution in [3.63, 3.8) is 0 Å². The van der Waals surface area contributed by atoms with Crippen molar-refractivity contribution in [1.82, 2.24) is 15.1 Å². The maximum absolute atomic E-state index is 9.70. The Morgan fingerprint density at radius 2 is 2.10 bits per heavy atom. The second-order valence-electron chi connectivity index (χ2n) is 4.94. The Labute approximate surface area is 120 Å². The van der Waals surface area contributed by atoms with E-state index in [9.17, 15) is 5.26 Å². The van der Waals surface area contributed by atoms with Crippen LogP contribution in [0.3, 0.4) is 0 Å². The van der Waals surface area contributed by atoms with Gasteiger partial charge in [-0.25, -0.2) is 0 Å². The first-order valence-electron chi connectivity index (χ1n) is 6.91. The first kappa shape index (κ1) is 14.3. The van der Waals surface area contributed by atoms with Crippen LogP contribution in [0, 0.1) is 18.3 Å². The monoisotopic (exact) mass is 268 g/mol. The van der Waals surface area contributed by atoms with Crippen LogP contribution in [0.15, 0.2) is 42.7 Å². The predicted molar refractivity (Wildman–Crippen MR) is 79.0 cm³/mol. The molecule has 1 N–H and O–H groups in total. The van der Waals surface area contributed by atoms with Crippen molar-refractivity contribution in [3.05, 3.63) is 53.9 Å². The zero-order valence-electron chi connectivity index (χ0n) is 12.0. The predicted octanol–water partition coefficient (Wildman–Crippen LogP) is 2.61. The first-order valence-corrected chi connectivity index (χ1v) is 6.91. The average molecular weight is 268 g/mol. The summed E-state index contributed by atoms with van der Waals surface area (Å²) < 4.78 is 1.89. The number of nitrogens with zero attached hydrogens (tertiary/aromatic N) is 3. The summed E-state index contributed by atoms with van der Waals surface area (Å²) in [5.41, 5.74) is 1.49. The number of benzene rings is 1. The largest absolute Gasteiger partial charge is 0.296 e. The molecule has 2 rings (SSSR count). The van der Waals surface area contributed by atoms with Gasteiger partial charge in [0.1, 0.15) is 5.54 Å². The maximum Gasteiger partial charge on any atom is 0.134 e. The lowest BCUT2D eigenvalue weighted by Gasteiger charge is -2.28. The number of hydrogen-bond donors (Lipinski definition) is 1. The van der Waals surface area contributed by atoms with E-state index in [2.05, 4.69) is 16.5 Å². The van der Waals surface area contributed by atoms with Crippen LogP contribution in [0.25, 0.3) is 0 Å². The highest BCUT2D eigenvalue weighted by atomic mass is 15.3. The summed E-state index contributed by atoms with van der Waals surface area (Å²) in [6.45, 7) is 5.50. The molecule has 1 aromatic carbocycles. The molecule has 0 bridgehead atoms. The number of hydrogen-bond acceptors (Lipinski definition) is 3. The normalized spacial score (nSPS) is 13.7. The minimum absolute atomic E-state index is 0.657. The highest BCUT2D eigenvalue weighted by molar-refractivity contribution is 5.31. The number of aromatic nitrogens is 2. The van der Waals surface area contributed by atoms with Gasteiger partial charge in [-0.15, -0.1) is 0 Å². The second kappa shape index (κ2) is 6.36. The van der Waals surface area contributed by atoms with Gasteiger partial charge in [0.15, 0.2) is 0 Å². The van der Waals surface area contributed by atoms with E-state index in [0.29, 0.717) is 13.0 Å². The van der Waals surface area contributed by atoms with Crippen LogP contribution in [0.1, 0.15) is 24.5 Å². The molecular formula is C16H20N4. The fourth-order valence-corrected chi connectivity index (χ4v) is 2.39. The molecule has 0 aliphatic heterocycles. The van der Waals surface area contributed by atoms with Crippen LogP contribution in [0.2, 0.25) is 0 Å². The third-order valence-corrected chi connectivity index (χ3v) is 3.41. The molecule has 0 aliphatic rings. The van der Waals surface area contributed by atoms with Crippen molar-refractivity contribution in [2.75, 3.05) is 6.54 Å². The molecule has 4 nitrogen and oxygen atoms in total. The SMILES string of the molecule is CCNC(C#N)(CCn1cc(C)cn1)c1ccccc1. The van der Waals surface area contributed by atoms with Crippen molar-refractivity contribution >= 4 is 0 Å². The fourth-order valence-electron chi connectivity index (χ4n) is 2.39. The Balaban J connectivity index is 2.21. The zero-order chi connectivity index (χ0) is 14.4. The summed E-state index contributed by atoms with van der Waals surface area (Å²) in [7, 11) is 0. The molecule has 0 saturated heterocycles.